The second-order valence-corrected chi connectivity index (χ2v) is 4.78. The maximum atomic E-state index is 11.4. The summed E-state index contributed by atoms with van der Waals surface area (Å²) in [5, 5.41) is 11.8. The maximum Gasteiger partial charge on any atom is 0.224 e. The monoisotopic (exact) mass is 279 g/mol. The molecular formula is C16H13N3O2. The quantitative estimate of drug-likeness (QED) is 0.936. The lowest BCUT2D eigenvalue weighted by atomic mass is 10.0. The molecule has 1 aliphatic heterocycles. The third-order valence-electron chi connectivity index (χ3n) is 3.37. The van der Waals surface area contributed by atoms with Crippen LogP contribution < -0.4 is 10.1 Å². The number of amides is 1. The molecule has 0 saturated heterocycles. The number of rotatable bonds is 3. The predicted octanol–water partition coefficient (Wildman–Crippen LogP) is 2.42. The average Bonchev–Trinajstić information content (AvgIpc) is 2.52. The molecule has 0 bridgehead atoms. The number of nitriles is 1. The number of carbonyl (C=O) groups is 1. The second-order valence-electron chi connectivity index (χ2n) is 4.78. The first-order chi connectivity index (χ1) is 10.3. The molecule has 5 nitrogen and oxygen atoms in total. The Morgan fingerprint density at radius 1 is 1.33 bits per heavy atom. The zero-order valence-corrected chi connectivity index (χ0v) is 11.3. The first-order valence-corrected chi connectivity index (χ1v) is 6.66. The first kappa shape index (κ1) is 13.1. The molecule has 1 aromatic heterocycles. The van der Waals surface area contributed by atoms with Crippen LogP contribution in [0.1, 0.15) is 23.2 Å². The van der Waals surface area contributed by atoms with Crippen molar-refractivity contribution in [1.29, 1.82) is 5.26 Å². The van der Waals surface area contributed by atoms with Gasteiger partial charge in [-0.1, -0.05) is 12.1 Å². The van der Waals surface area contributed by atoms with Crippen molar-refractivity contribution in [2.45, 2.75) is 19.4 Å². The number of aromatic nitrogens is 1. The van der Waals surface area contributed by atoms with E-state index in [0.717, 1.165) is 23.2 Å². The number of pyridine rings is 1. The van der Waals surface area contributed by atoms with Crippen molar-refractivity contribution in [2.24, 2.45) is 0 Å². The molecule has 21 heavy (non-hydrogen) atoms. The number of benzene rings is 1. The number of fused-ring (bicyclic) bond motifs is 1. The largest absolute Gasteiger partial charge is 0.489 e. The fourth-order valence-corrected chi connectivity index (χ4v) is 2.26. The average molecular weight is 279 g/mol. The van der Waals surface area contributed by atoms with Gasteiger partial charge in [0.25, 0.3) is 0 Å². The fourth-order valence-electron chi connectivity index (χ4n) is 2.26. The van der Waals surface area contributed by atoms with E-state index in [1.54, 1.807) is 12.3 Å². The minimum Gasteiger partial charge on any atom is -0.489 e. The highest BCUT2D eigenvalue weighted by molar-refractivity contribution is 5.94. The Morgan fingerprint density at radius 2 is 2.24 bits per heavy atom. The topological polar surface area (TPSA) is 75.0 Å². The molecule has 1 amide bonds. The molecule has 1 aliphatic rings. The zero-order valence-electron chi connectivity index (χ0n) is 11.3. The van der Waals surface area contributed by atoms with Crippen LogP contribution in [0, 0.1) is 11.3 Å². The molecule has 0 spiro atoms. The van der Waals surface area contributed by atoms with Crippen LogP contribution in [-0.2, 0) is 17.8 Å². The van der Waals surface area contributed by atoms with Gasteiger partial charge in [-0.05, 0) is 24.1 Å². The number of ether oxygens (including phenoxy) is 1. The molecule has 3 rings (SSSR count). The number of hydrogen-bond donors (Lipinski definition) is 1. The minimum absolute atomic E-state index is 0.0266. The number of anilines is 1. The van der Waals surface area contributed by atoms with Crippen molar-refractivity contribution in [3.05, 3.63) is 53.3 Å². The Labute approximate surface area is 122 Å². The number of aryl methyl sites for hydroxylation is 1. The summed E-state index contributed by atoms with van der Waals surface area (Å²) >= 11 is 0. The van der Waals surface area contributed by atoms with Gasteiger partial charge in [0.2, 0.25) is 5.91 Å². The highest BCUT2D eigenvalue weighted by Crippen LogP contribution is 2.27. The SMILES string of the molecule is N#Cc1ncccc1COc1ccc2c(c1)NC(=O)CC2. The lowest BCUT2D eigenvalue weighted by Gasteiger charge is -2.17. The molecule has 1 N–H and O–H groups in total. The van der Waals surface area contributed by atoms with Gasteiger partial charge in [0.05, 0.1) is 0 Å². The molecule has 0 radical (unpaired) electrons. The third-order valence-corrected chi connectivity index (χ3v) is 3.37. The van der Waals surface area contributed by atoms with E-state index in [1.165, 1.54) is 0 Å². The molecule has 0 saturated carbocycles. The number of nitrogens with one attached hydrogen (secondary N) is 1. The van der Waals surface area contributed by atoms with Gasteiger partial charge in [0.15, 0.2) is 0 Å². The van der Waals surface area contributed by atoms with Crippen LogP contribution in [0.3, 0.4) is 0 Å². The third kappa shape index (κ3) is 2.84. The highest BCUT2D eigenvalue weighted by atomic mass is 16.5. The summed E-state index contributed by atoms with van der Waals surface area (Å²) < 4.78 is 5.69. The van der Waals surface area contributed by atoms with Gasteiger partial charge in [-0.3, -0.25) is 4.79 Å². The summed E-state index contributed by atoms with van der Waals surface area (Å²) in [6.07, 6.45) is 2.85. The van der Waals surface area contributed by atoms with Crippen LogP contribution in [0.15, 0.2) is 36.5 Å². The van der Waals surface area contributed by atoms with Crippen molar-refractivity contribution in [3.63, 3.8) is 0 Å². The Bertz CT molecular complexity index is 735. The van der Waals surface area contributed by atoms with E-state index < -0.39 is 0 Å². The Morgan fingerprint density at radius 3 is 3.10 bits per heavy atom. The molecule has 1 aromatic carbocycles. The van der Waals surface area contributed by atoms with E-state index >= 15 is 0 Å². The van der Waals surface area contributed by atoms with Crippen LogP contribution in [0.2, 0.25) is 0 Å². The van der Waals surface area contributed by atoms with Gasteiger partial charge in [0.1, 0.15) is 24.1 Å². The van der Waals surface area contributed by atoms with Crippen molar-refractivity contribution in [2.75, 3.05) is 5.32 Å². The van der Waals surface area contributed by atoms with E-state index in [0.29, 0.717) is 17.9 Å². The van der Waals surface area contributed by atoms with E-state index in [9.17, 15) is 4.79 Å². The van der Waals surface area contributed by atoms with E-state index in [1.807, 2.05) is 30.3 Å². The second kappa shape index (κ2) is 5.63. The van der Waals surface area contributed by atoms with Crippen molar-refractivity contribution in [3.8, 4) is 11.8 Å². The van der Waals surface area contributed by atoms with Gasteiger partial charge >= 0.3 is 0 Å². The standard InChI is InChI=1S/C16H13N3O2/c17-9-15-12(2-1-7-18-15)10-21-13-5-3-11-4-6-16(20)19-14(11)8-13/h1-3,5,7-8H,4,6,10H2,(H,19,20). The number of nitrogens with zero attached hydrogens (tertiary/aromatic N) is 2. The van der Waals surface area contributed by atoms with Gasteiger partial charge < -0.3 is 10.1 Å². The first-order valence-electron chi connectivity index (χ1n) is 6.66. The summed E-state index contributed by atoms with van der Waals surface area (Å²) in [7, 11) is 0. The van der Waals surface area contributed by atoms with Crippen molar-refractivity contribution in [1.82, 2.24) is 4.98 Å². The summed E-state index contributed by atoms with van der Waals surface area (Å²) in [6, 6.07) is 11.3. The Hall–Kier alpha value is -2.87. The molecule has 2 heterocycles. The van der Waals surface area contributed by atoms with Gasteiger partial charge in [0, 0.05) is 29.9 Å². The van der Waals surface area contributed by atoms with Crippen LogP contribution in [-0.4, -0.2) is 10.9 Å². The molecule has 5 heteroatoms. The fraction of sp³-hybridized carbons (Fsp3) is 0.188. The minimum atomic E-state index is 0.0266. The normalized spacial score (nSPS) is 13.0. The highest BCUT2D eigenvalue weighted by Gasteiger charge is 2.15. The number of hydrogen-bond acceptors (Lipinski definition) is 4. The van der Waals surface area contributed by atoms with Crippen LogP contribution in [0.5, 0.6) is 5.75 Å². The molecular weight excluding hydrogens is 266 g/mol. The molecule has 0 atom stereocenters. The summed E-state index contributed by atoms with van der Waals surface area (Å²) in [5.74, 6) is 0.683. The Kier molecular flexibility index (Phi) is 3.52. The van der Waals surface area contributed by atoms with Crippen LogP contribution in [0.4, 0.5) is 5.69 Å². The lowest BCUT2D eigenvalue weighted by Crippen LogP contribution is -2.18. The molecule has 2 aromatic rings. The van der Waals surface area contributed by atoms with Gasteiger partial charge in [-0.2, -0.15) is 5.26 Å². The maximum absolute atomic E-state index is 11.4. The summed E-state index contributed by atoms with van der Waals surface area (Å²) in [4.78, 5) is 15.4. The van der Waals surface area contributed by atoms with E-state index in [4.69, 9.17) is 10.00 Å². The zero-order chi connectivity index (χ0) is 14.7. The summed E-state index contributed by atoms with van der Waals surface area (Å²) in [5.41, 5.74) is 3.02. The molecule has 0 fully saturated rings. The van der Waals surface area contributed by atoms with E-state index in [-0.39, 0.29) is 12.5 Å². The van der Waals surface area contributed by atoms with Gasteiger partial charge in [-0.25, -0.2) is 4.98 Å². The lowest BCUT2D eigenvalue weighted by molar-refractivity contribution is -0.116. The molecule has 0 unspecified atom stereocenters. The molecule has 104 valence electrons. The predicted molar refractivity (Wildman–Crippen MR) is 76.7 cm³/mol. The summed E-state index contributed by atoms with van der Waals surface area (Å²) in [6.45, 7) is 0.267. The van der Waals surface area contributed by atoms with Crippen molar-refractivity contribution < 1.29 is 9.53 Å². The van der Waals surface area contributed by atoms with Crippen LogP contribution >= 0.6 is 0 Å². The van der Waals surface area contributed by atoms with Crippen LogP contribution in [0.25, 0.3) is 0 Å². The smallest absolute Gasteiger partial charge is 0.224 e. The molecule has 0 aliphatic carbocycles. The van der Waals surface area contributed by atoms with Gasteiger partial charge in [-0.15, -0.1) is 0 Å². The Balaban J connectivity index is 1.76. The van der Waals surface area contributed by atoms with Crippen molar-refractivity contribution >= 4 is 11.6 Å². The van der Waals surface area contributed by atoms with E-state index in [2.05, 4.69) is 10.3 Å². The number of carbonyl (C=O) groups excluding carboxylic acids is 1.